The van der Waals surface area contributed by atoms with Crippen molar-refractivity contribution in [3.8, 4) is 0 Å². The number of fused-ring (bicyclic) bond motifs is 2. The summed E-state index contributed by atoms with van der Waals surface area (Å²) in [6.07, 6.45) is 4.77. The fraction of sp³-hybridized carbons (Fsp3) is 0.562. The van der Waals surface area contributed by atoms with Crippen molar-refractivity contribution in [2.75, 3.05) is 0 Å². The third kappa shape index (κ3) is 2.40. The lowest BCUT2D eigenvalue weighted by atomic mass is 9.90. The lowest BCUT2D eigenvalue weighted by Crippen LogP contribution is -2.32. The molecule has 2 nitrogen and oxygen atoms in total. The molecule has 102 valence electrons. The Morgan fingerprint density at radius 1 is 1.16 bits per heavy atom. The van der Waals surface area contributed by atoms with E-state index in [0.717, 1.165) is 37.7 Å². The zero-order valence-corrected chi connectivity index (χ0v) is 12.1. The van der Waals surface area contributed by atoms with E-state index in [1.807, 2.05) is 24.3 Å². The summed E-state index contributed by atoms with van der Waals surface area (Å²) in [6.45, 7) is 2.12. The van der Waals surface area contributed by atoms with Crippen LogP contribution in [-0.2, 0) is 17.2 Å². The first-order chi connectivity index (χ1) is 9.19. The van der Waals surface area contributed by atoms with Crippen molar-refractivity contribution in [2.24, 2.45) is 5.92 Å². The second kappa shape index (κ2) is 5.20. The summed E-state index contributed by atoms with van der Waals surface area (Å²) in [4.78, 5) is 12.5. The van der Waals surface area contributed by atoms with Crippen molar-refractivity contribution >= 4 is 16.6 Å². The van der Waals surface area contributed by atoms with E-state index in [0.29, 0.717) is 0 Å². The van der Waals surface area contributed by atoms with Gasteiger partial charge >= 0.3 is 0 Å². The van der Waals surface area contributed by atoms with Crippen LogP contribution < -0.4 is 0 Å². The highest BCUT2D eigenvalue weighted by Gasteiger charge is 2.42. The van der Waals surface area contributed by atoms with Gasteiger partial charge in [-0.25, -0.2) is 0 Å². The largest absolute Gasteiger partial charge is 0.294 e. The molecule has 3 heteroatoms. The third-order valence-electron chi connectivity index (χ3n) is 4.58. The van der Waals surface area contributed by atoms with Crippen LogP contribution in [0.15, 0.2) is 24.3 Å². The molecule has 0 aromatic heterocycles. The number of hydrogen-bond donors (Lipinski definition) is 0. The fourth-order valence-electron chi connectivity index (χ4n) is 3.39. The van der Waals surface area contributed by atoms with Crippen LogP contribution in [0.3, 0.4) is 0 Å². The quantitative estimate of drug-likeness (QED) is 0.795. The molecule has 0 spiro atoms. The van der Waals surface area contributed by atoms with E-state index < -0.39 is 10.8 Å². The molecule has 0 saturated carbocycles. The maximum Gasteiger partial charge on any atom is 0.166 e. The van der Waals surface area contributed by atoms with Crippen molar-refractivity contribution in [2.45, 2.75) is 49.5 Å². The summed E-state index contributed by atoms with van der Waals surface area (Å²) in [5.41, 5.74) is 2.09. The van der Waals surface area contributed by atoms with Crippen LogP contribution in [0.5, 0.6) is 0 Å². The van der Waals surface area contributed by atoms with Crippen LogP contribution in [0.4, 0.5) is 0 Å². The Hall–Kier alpha value is -0.960. The first kappa shape index (κ1) is 13.0. The Morgan fingerprint density at radius 3 is 2.26 bits per heavy atom. The van der Waals surface area contributed by atoms with Gasteiger partial charge in [-0.1, -0.05) is 31.2 Å². The van der Waals surface area contributed by atoms with E-state index in [9.17, 15) is 9.00 Å². The van der Waals surface area contributed by atoms with Gasteiger partial charge in [0.05, 0.1) is 0 Å². The summed E-state index contributed by atoms with van der Waals surface area (Å²) in [5.74, 6) is 0.360. The van der Waals surface area contributed by atoms with Crippen molar-refractivity contribution < 1.29 is 9.00 Å². The minimum absolute atomic E-state index is 0.0997. The fourth-order valence-corrected chi connectivity index (χ4v) is 5.51. The maximum absolute atomic E-state index is 12.5. The van der Waals surface area contributed by atoms with E-state index in [-0.39, 0.29) is 22.2 Å². The molecule has 1 aromatic carbocycles. The van der Waals surface area contributed by atoms with E-state index in [4.69, 9.17) is 0 Å². The van der Waals surface area contributed by atoms with Gasteiger partial charge in [-0.3, -0.25) is 9.00 Å². The smallest absolute Gasteiger partial charge is 0.166 e. The molecule has 3 rings (SSSR count). The van der Waals surface area contributed by atoms with Crippen molar-refractivity contribution in [1.29, 1.82) is 0 Å². The second-order valence-electron chi connectivity index (χ2n) is 5.73. The van der Waals surface area contributed by atoms with Gasteiger partial charge in [-0.05, 0) is 37.7 Å². The maximum atomic E-state index is 12.5. The molecule has 0 aliphatic carbocycles. The Kier molecular flexibility index (Phi) is 3.57. The molecule has 2 atom stereocenters. The highest BCUT2D eigenvalue weighted by atomic mass is 32.2. The molecule has 0 N–H and O–H groups in total. The SMILES string of the molecule is CCc1ccc(C(=O)C2CC3CCC(C2)S3=O)cc1. The van der Waals surface area contributed by atoms with E-state index in [1.54, 1.807) is 0 Å². The van der Waals surface area contributed by atoms with Crippen LogP contribution >= 0.6 is 0 Å². The van der Waals surface area contributed by atoms with Gasteiger partial charge in [0.25, 0.3) is 0 Å². The van der Waals surface area contributed by atoms with Crippen molar-refractivity contribution in [3.63, 3.8) is 0 Å². The number of benzene rings is 1. The normalized spacial score (nSPS) is 33.3. The predicted octanol–water partition coefficient (Wildman–Crippen LogP) is 3.12. The van der Waals surface area contributed by atoms with Gasteiger partial charge < -0.3 is 0 Å². The Bertz CT molecular complexity index is 490. The summed E-state index contributed by atoms with van der Waals surface area (Å²) >= 11 is 0. The Labute approximate surface area is 117 Å². The summed E-state index contributed by atoms with van der Waals surface area (Å²) in [6, 6.07) is 7.99. The van der Waals surface area contributed by atoms with Crippen molar-refractivity contribution in [1.82, 2.24) is 0 Å². The molecular weight excluding hydrogens is 256 g/mol. The van der Waals surface area contributed by atoms with Crippen LogP contribution in [0, 0.1) is 5.92 Å². The van der Waals surface area contributed by atoms with Crippen LogP contribution in [0.1, 0.15) is 48.5 Å². The predicted molar refractivity (Wildman–Crippen MR) is 77.8 cm³/mol. The van der Waals surface area contributed by atoms with E-state index >= 15 is 0 Å². The molecular formula is C16H20O2S. The van der Waals surface area contributed by atoms with Crippen LogP contribution in [0.2, 0.25) is 0 Å². The minimum Gasteiger partial charge on any atom is -0.294 e. The first-order valence-electron chi connectivity index (χ1n) is 7.21. The lowest BCUT2D eigenvalue weighted by molar-refractivity contribution is 0.0906. The highest BCUT2D eigenvalue weighted by molar-refractivity contribution is 7.86. The van der Waals surface area contributed by atoms with Gasteiger partial charge in [0.1, 0.15) is 0 Å². The average Bonchev–Trinajstić information content (AvgIpc) is 2.68. The third-order valence-corrected chi connectivity index (χ3v) is 6.75. The summed E-state index contributed by atoms with van der Waals surface area (Å²) in [7, 11) is -0.670. The lowest BCUT2D eigenvalue weighted by Gasteiger charge is -2.26. The Morgan fingerprint density at radius 2 is 1.74 bits per heavy atom. The molecule has 2 unspecified atom stereocenters. The topological polar surface area (TPSA) is 34.1 Å². The minimum atomic E-state index is -0.670. The molecule has 0 radical (unpaired) electrons. The molecule has 19 heavy (non-hydrogen) atoms. The number of hydrogen-bond acceptors (Lipinski definition) is 2. The van der Waals surface area contributed by atoms with Gasteiger partial charge in [-0.15, -0.1) is 0 Å². The van der Waals surface area contributed by atoms with Crippen molar-refractivity contribution in [3.05, 3.63) is 35.4 Å². The van der Waals surface area contributed by atoms with Crippen LogP contribution in [-0.4, -0.2) is 20.5 Å². The molecule has 2 fully saturated rings. The molecule has 1 aromatic rings. The molecule has 2 saturated heterocycles. The monoisotopic (exact) mass is 276 g/mol. The number of carbonyl (C=O) groups excluding carboxylic acids is 1. The molecule has 2 bridgehead atoms. The van der Waals surface area contributed by atoms with Gasteiger partial charge in [0, 0.05) is 32.8 Å². The number of rotatable bonds is 3. The number of carbonyl (C=O) groups is 1. The second-order valence-corrected chi connectivity index (χ2v) is 7.72. The molecule has 2 aliphatic heterocycles. The van der Waals surface area contributed by atoms with Gasteiger partial charge in [-0.2, -0.15) is 0 Å². The Balaban J connectivity index is 1.75. The average molecular weight is 276 g/mol. The highest BCUT2D eigenvalue weighted by Crippen LogP contribution is 2.39. The van der Waals surface area contributed by atoms with E-state index in [2.05, 4.69) is 6.92 Å². The van der Waals surface area contributed by atoms with Crippen LogP contribution in [0.25, 0.3) is 0 Å². The number of aryl methyl sites for hydroxylation is 1. The standard InChI is InChI=1S/C16H20O2S/c1-2-11-3-5-12(6-4-11)16(17)13-9-14-7-8-15(10-13)19(14)18/h3-6,13-15H,2,7-10H2,1H3. The zero-order chi connectivity index (χ0) is 13.4. The van der Waals surface area contributed by atoms with E-state index in [1.165, 1.54) is 5.56 Å². The zero-order valence-electron chi connectivity index (χ0n) is 11.3. The van der Waals surface area contributed by atoms with Gasteiger partial charge in [0.2, 0.25) is 0 Å². The summed E-state index contributed by atoms with van der Waals surface area (Å²) in [5, 5.41) is 0.560. The molecule has 0 amide bonds. The molecule has 2 heterocycles. The summed E-state index contributed by atoms with van der Waals surface area (Å²) < 4.78 is 12.0. The van der Waals surface area contributed by atoms with Gasteiger partial charge in [0.15, 0.2) is 5.78 Å². The number of Topliss-reactive ketones (excluding diaryl/α,β-unsaturated/α-hetero) is 1. The number of ketones is 1. The first-order valence-corrected chi connectivity index (χ1v) is 8.49. The molecule has 2 aliphatic rings.